The van der Waals surface area contributed by atoms with Gasteiger partial charge in [0.05, 0.1) is 0 Å². The van der Waals surface area contributed by atoms with E-state index < -0.39 is 0 Å². The predicted octanol–water partition coefficient (Wildman–Crippen LogP) is 4.07. The Balaban J connectivity index is 2.11. The van der Waals surface area contributed by atoms with Gasteiger partial charge >= 0.3 is 0 Å². The number of hydrogen-bond donors (Lipinski definition) is 1. The first kappa shape index (κ1) is 16.0. The van der Waals surface area contributed by atoms with Crippen molar-refractivity contribution in [2.75, 3.05) is 6.54 Å². The molecule has 0 aliphatic rings. The maximum absolute atomic E-state index is 11.7. The highest BCUT2D eigenvalue weighted by Crippen LogP contribution is 2.09. The van der Waals surface area contributed by atoms with Gasteiger partial charge in [0.1, 0.15) is 5.69 Å². The highest BCUT2D eigenvalue weighted by atomic mass is 35.5. The third-order valence-electron chi connectivity index (χ3n) is 2.95. The zero-order chi connectivity index (χ0) is 14.1. The monoisotopic (exact) mass is 282 g/mol. The first-order valence-electron chi connectivity index (χ1n) is 6.99. The van der Waals surface area contributed by atoms with Gasteiger partial charge in [-0.05, 0) is 24.5 Å². The minimum absolute atomic E-state index is 0.148. The number of amides is 1. The average molecular weight is 283 g/mol. The number of halogens is 1. The summed E-state index contributed by atoms with van der Waals surface area (Å²) < 4.78 is 0. The fourth-order valence-corrected chi connectivity index (χ4v) is 2.01. The lowest BCUT2D eigenvalue weighted by Crippen LogP contribution is -2.25. The number of unbranched alkanes of at least 4 members (excludes halogenated alkanes) is 3. The van der Waals surface area contributed by atoms with E-state index in [4.69, 9.17) is 11.6 Å². The van der Waals surface area contributed by atoms with E-state index in [0.29, 0.717) is 17.3 Å². The first-order valence-corrected chi connectivity index (χ1v) is 7.37. The third-order valence-corrected chi connectivity index (χ3v) is 3.18. The van der Waals surface area contributed by atoms with E-state index in [-0.39, 0.29) is 5.91 Å². The molecule has 0 spiro atoms. The second-order valence-electron chi connectivity index (χ2n) is 5.21. The Morgan fingerprint density at radius 3 is 2.74 bits per heavy atom. The molecular formula is C15H23ClN2O. The Morgan fingerprint density at radius 1 is 1.32 bits per heavy atom. The van der Waals surface area contributed by atoms with E-state index in [9.17, 15) is 4.79 Å². The van der Waals surface area contributed by atoms with Crippen molar-refractivity contribution in [3.05, 3.63) is 29.0 Å². The number of nitrogens with one attached hydrogen (secondary N) is 1. The van der Waals surface area contributed by atoms with Gasteiger partial charge in [-0.2, -0.15) is 0 Å². The van der Waals surface area contributed by atoms with Crippen molar-refractivity contribution in [1.29, 1.82) is 0 Å². The lowest BCUT2D eigenvalue weighted by atomic mass is 10.0. The predicted molar refractivity (Wildman–Crippen MR) is 79.5 cm³/mol. The normalized spacial score (nSPS) is 10.7. The van der Waals surface area contributed by atoms with Crippen LogP contribution in [0.5, 0.6) is 0 Å². The molecule has 1 N–H and O–H groups in total. The second kappa shape index (κ2) is 8.92. The SMILES string of the molecule is CC(C)CCCCCCNC(=O)c1cc(Cl)ccn1. The summed E-state index contributed by atoms with van der Waals surface area (Å²) in [5.41, 5.74) is 0.382. The lowest BCUT2D eigenvalue weighted by molar-refractivity contribution is 0.0948. The van der Waals surface area contributed by atoms with Crippen LogP contribution >= 0.6 is 11.6 Å². The zero-order valence-corrected chi connectivity index (χ0v) is 12.5. The number of nitrogens with zero attached hydrogens (tertiary/aromatic N) is 1. The van der Waals surface area contributed by atoms with Gasteiger partial charge in [-0.15, -0.1) is 0 Å². The smallest absolute Gasteiger partial charge is 0.269 e. The van der Waals surface area contributed by atoms with Gasteiger partial charge in [0.2, 0.25) is 0 Å². The van der Waals surface area contributed by atoms with Crippen LogP contribution in [0.2, 0.25) is 5.02 Å². The van der Waals surface area contributed by atoms with Crippen LogP contribution in [0.25, 0.3) is 0 Å². The number of aromatic nitrogens is 1. The number of pyridine rings is 1. The minimum atomic E-state index is -0.148. The van der Waals surface area contributed by atoms with Gasteiger partial charge in [0.25, 0.3) is 5.91 Å². The molecule has 0 aliphatic carbocycles. The van der Waals surface area contributed by atoms with Crippen molar-refractivity contribution < 1.29 is 4.79 Å². The summed E-state index contributed by atoms with van der Waals surface area (Å²) in [6, 6.07) is 3.24. The molecule has 3 nitrogen and oxygen atoms in total. The molecule has 0 fully saturated rings. The van der Waals surface area contributed by atoms with Crippen LogP contribution in [0, 0.1) is 5.92 Å². The van der Waals surface area contributed by atoms with Crippen LogP contribution < -0.4 is 5.32 Å². The number of carbonyl (C=O) groups is 1. The lowest BCUT2D eigenvalue weighted by Gasteiger charge is -2.06. The summed E-state index contributed by atoms with van der Waals surface area (Å²) in [5.74, 6) is 0.637. The summed E-state index contributed by atoms with van der Waals surface area (Å²) in [4.78, 5) is 15.7. The summed E-state index contributed by atoms with van der Waals surface area (Å²) in [6.45, 7) is 5.20. The Labute approximate surface area is 120 Å². The molecule has 0 saturated carbocycles. The molecular weight excluding hydrogens is 260 g/mol. The summed E-state index contributed by atoms with van der Waals surface area (Å²) in [7, 11) is 0. The standard InChI is InChI=1S/C15H23ClN2O/c1-12(2)7-5-3-4-6-9-18-15(19)14-11-13(16)8-10-17-14/h8,10-12H,3-7,9H2,1-2H3,(H,18,19). The molecule has 1 amide bonds. The topological polar surface area (TPSA) is 42.0 Å². The molecule has 1 aromatic rings. The molecule has 1 heterocycles. The Kier molecular flexibility index (Phi) is 7.49. The molecule has 0 radical (unpaired) electrons. The van der Waals surface area contributed by atoms with E-state index in [0.717, 1.165) is 18.8 Å². The zero-order valence-electron chi connectivity index (χ0n) is 11.8. The van der Waals surface area contributed by atoms with Crippen molar-refractivity contribution >= 4 is 17.5 Å². The van der Waals surface area contributed by atoms with Gasteiger partial charge in [0, 0.05) is 17.8 Å². The van der Waals surface area contributed by atoms with Crippen molar-refractivity contribution in [3.63, 3.8) is 0 Å². The summed E-state index contributed by atoms with van der Waals surface area (Å²) in [5, 5.41) is 3.40. The molecule has 0 aliphatic heterocycles. The third kappa shape index (κ3) is 7.16. The van der Waals surface area contributed by atoms with E-state index in [1.165, 1.54) is 19.3 Å². The number of rotatable bonds is 8. The van der Waals surface area contributed by atoms with Crippen LogP contribution in [0.3, 0.4) is 0 Å². The first-order chi connectivity index (χ1) is 9.09. The molecule has 19 heavy (non-hydrogen) atoms. The van der Waals surface area contributed by atoms with Crippen LogP contribution in [-0.4, -0.2) is 17.4 Å². The quantitative estimate of drug-likeness (QED) is 0.730. The minimum Gasteiger partial charge on any atom is -0.351 e. The van der Waals surface area contributed by atoms with E-state index in [2.05, 4.69) is 24.1 Å². The summed E-state index contributed by atoms with van der Waals surface area (Å²) in [6.07, 6.45) is 7.53. The van der Waals surface area contributed by atoms with Crippen molar-refractivity contribution in [3.8, 4) is 0 Å². The number of carbonyl (C=O) groups excluding carboxylic acids is 1. The molecule has 0 aromatic carbocycles. The maximum atomic E-state index is 11.7. The fraction of sp³-hybridized carbons (Fsp3) is 0.600. The highest BCUT2D eigenvalue weighted by Gasteiger charge is 2.06. The fourth-order valence-electron chi connectivity index (χ4n) is 1.85. The molecule has 0 atom stereocenters. The molecule has 106 valence electrons. The molecule has 1 aromatic heterocycles. The summed E-state index contributed by atoms with van der Waals surface area (Å²) >= 11 is 5.81. The molecule has 0 unspecified atom stereocenters. The highest BCUT2D eigenvalue weighted by molar-refractivity contribution is 6.30. The van der Waals surface area contributed by atoms with Crippen molar-refractivity contribution in [1.82, 2.24) is 10.3 Å². The molecule has 1 rings (SSSR count). The van der Waals surface area contributed by atoms with Gasteiger partial charge in [-0.1, -0.05) is 51.1 Å². The van der Waals surface area contributed by atoms with Gasteiger partial charge in [-0.25, -0.2) is 0 Å². The van der Waals surface area contributed by atoms with Crippen molar-refractivity contribution in [2.24, 2.45) is 5.92 Å². The van der Waals surface area contributed by atoms with Crippen LogP contribution in [-0.2, 0) is 0 Å². The molecule has 0 bridgehead atoms. The van der Waals surface area contributed by atoms with E-state index in [1.54, 1.807) is 18.3 Å². The Bertz CT molecular complexity index is 393. The molecule has 4 heteroatoms. The largest absolute Gasteiger partial charge is 0.351 e. The molecule has 0 saturated heterocycles. The van der Waals surface area contributed by atoms with Gasteiger partial charge in [0.15, 0.2) is 0 Å². The second-order valence-corrected chi connectivity index (χ2v) is 5.65. The maximum Gasteiger partial charge on any atom is 0.269 e. The average Bonchev–Trinajstić information content (AvgIpc) is 2.37. The van der Waals surface area contributed by atoms with Gasteiger partial charge in [-0.3, -0.25) is 9.78 Å². The number of hydrogen-bond acceptors (Lipinski definition) is 2. The Hall–Kier alpha value is -1.09. The van der Waals surface area contributed by atoms with Crippen LogP contribution in [0.4, 0.5) is 0 Å². The van der Waals surface area contributed by atoms with E-state index in [1.807, 2.05) is 0 Å². The van der Waals surface area contributed by atoms with Gasteiger partial charge < -0.3 is 5.32 Å². The van der Waals surface area contributed by atoms with Crippen LogP contribution in [0.1, 0.15) is 56.4 Å². The Morgan fingerprint density at radius 2 is 2.05 bits per heavy atom. The van der Waals surface area contributed by atoms with Crippen molar-refractivity contribution in [2.45, 2.75) is 46.0 Å². The van der Waals surface area contributed by atoms with E-state index >= 15 is 0 Å². The van der Waals surface area contributed by atoms with Crippen LogP contribution in [0.15, 0.2) is 18.3 Å².